The molecule has 0 aliphatic carbocycles. The number of hydrogen-bond acceptors (Lipinski definition) is 4. The van der Waals surface area contributed by atoms with Gasteiger partial charge < -0.3 is 15.0 Å². The number of ether oxygens (including phenoxy) is 1. The molecule has 1 amide bonds. The van der Waals surface area contributed by atoms with Crippen LogP contribution in [0.2, 0.25) is 0 Å². The Labute approximate surface area is 146 Å². The van der Waals surface area contributed by atoms with Gasteiger partial charge in [0.1, 0.15) is 6.17 Å². The number of hydrogen-bond donors (Lipinski definition) is 1. The van der Waals surface area contributed by atoms with E-state index in [9.17, 15) is 9.59 Å². The van der Waals surface area contributed by atoms with E-state index in [-0.39, 0.29) is 5.91 Å². The summed E-state index contributed by atoms with van der Waals surface area (Å²) in [7, 11) is 1.32. The fraction of sp³-hybridized carbons (Fsp3) is 0.100. The van der Waals surface area contributed by atoms with E-state index in [4.69, 9.17) is 0 Å². The molecule has 1 aliphatic rings. The maximum atomic E-state index is 12.6. The summed E-state index contributed by atoms with van der Waals surface area (Å²) in [4.78, 5) is 25.8. The number of carbonyl (C=O) groups is 2. The lowest BCUT2D eigenvalue weighted by molar-refractivity contribution is -0.134. The van der Waals surface area contributed by atoms with Crippen molar-refractivity contribution in [2.75, 3.05) is 7.11 Å². The molecule has 1 unspecified atom stereocenters. The molecule has 1 N–H and O–H groups in total. The van der Waals surface area contributed by atoms with Crippen molar-refractivity contribution in [1.29, 1.82) is 0 Å². The first-order valence-electron chi connectivity index (χ1n) is 7.85. The van der Waals surface area contributed by atoms with E-state index in [2.05, 4.69) is 10.1 Å². The van der Waals surface area contributed by atoms with Gasteiger partial charge >= 0.3 is 5.97 Å². The summed E-state index contributed by atoms with van der Waals surface area (Å²) >= 11 is 0. The lowest BCUT2D eigenvalue weighted by Gasteiger charge is -2.32. The summed E-state index contributed by atoms with van der Waals surface area (Å²) in [5.74, 6) is -0.646. The third-order valence-electron chi connectivity index (χ3n) is 3.90. The van der Waals surface area contributed by atoms with Gasteiger partial charge in [-0.05, 0) is 23.8 Å². The van der Waals surface area contributed by atoms with Crippen LogP contribution in [0.25, 0.3) is 6.08 Å². The number of methoxy groups -OCH3 is 1. The predicted octanol–water partition coefficient (Wildman–Crippen LogP) is 3.09. The molecular weight excluding hydrogens is 316 g/mol. The van der Waals surface area contributed by atoms with Crippen molar-refractivity contribution >= 4 is 18.0 Å². The molecule has 0 spiro atoms. The van der Waals surface area contributed by atoms with Crippen LogP contribution in [0.15, 0.2) is 73.1 Å². The minimum Gasteiger partial charge on any atom is -0.466 e. The minimum absolute atomic E-state index is 0.188. The Morgan fingerprint density at radius 3 is 2.56 bits per heavy atom. The molecule has 0 aromatic heterocycles. The van der Waals surface area contributed by atoms with E-state index in [1.807, 2.05) is 54.7 Å². The Kier molecular flexibility index (Phi) is 4.95. The number of esters is 1. The van der Waals surface area contributed by atoms with Crippen LogP contribution in [0.1, 0.15) is 27.7 Å². The molecule has 1 aliphatic heterocycles. The van der Waals surface area contributed by atoms with E-state index >= 15 is 0 Å². The van der Waals surface area contributed by atoms with Crippen LogP contribution in [-0.4, -0.2) is 23.9 Å². The van der Waals surface area contributed by atoms with Crippen LogP contribution in [0.3, 0.4) is 0 Å². The van der Waals surface area contributed by atoms with Crippen LogP contribution in [0, 0.1) is 0 Å². The van der Waals surface area contributed by atoms with Crippen LogP contribution >= 0.6 is 0 Å². The van der Waals surface area contributed by atoms with E-state index in [1.165, 1.54) is 13.2 Å². The zero-order valence-electron chi connectivity index (χ0n) is 13.8. The average molecular weight is 334 g/mol. The molecule has 126 valence electrons. The van der Waals surface area contributed by atoms with Crippen molar-refractivity contribution in [3.8, 4) is 0 Å². The Bertz CT molecular complexity index is 828. The molecule has 5 nitrogen and oxygen atoms in total. The van der Waals surface area contributed by atoms with Crippen LogP contribution in [0.4, 0.5) is 0 Å². The highest BCUT2D eigenvalue weighted by molar-refractivity contribution is 5.94. The average Bonchev–Trinajstić information content (AvgIpc) is 2.67. The third-order valence-corrected chi connectivity index (χ3v) is 3.90. The Balaban J connectivity index is 1.90. The van der Waals surface area contributed by atoms with E-state index in [0.717, 1.165) is 11.1 Å². The molecule has 3 rings (SSSR count). The van der Waals surface area contributed by atoms with Gasteiger partial charge in [0.25, 0.3) is 5.91 Å². The molecule has 0 bridgehead atoms. The first kappa shape index (κ1) is 16.5. The second-order valence-corrected chi connectivity index (χ2v) is 5.47. The van der Waals surface area contributed by atoms with Crippen LogP contribution in [-0.2, 0) is 9.53 Å². The van der Waals surface area contributed by atoms with Crippen molar-refractivity contribution in [3.05, 3.63) is 89.8 Å². The number of carbonyl (C=O) groups excluding carboxylic acids is 2. The van der Waals surface area contributed by atoms with Crippen molar-refractivity contribution < 1.29 is 14.3 Å². The fourth-order valence-corrected chi connectivity index (χ4v) is 2.62. The molecular formula is C20H18N2O3. The molecule has 0 fully saturated rings. The van der Waals surface area contributed by atoms with Crippen molar-refractivity contribution in [2.45, 2.75) is 6.17 Å². The highest BCUT2D eigenvalue weighted by Gasteiger charge is 2.24. The third kappa shape index (κ3) is 3.77. The second kappa shape index (κ2) is 7.49. The number of rotatable bonds is 4. The largest absolute Gasteiger partial charge is 0.466 e. The molecule has 0 saturated heterocycles. The van der Waals surface area contributed by atoms with E-state index < -0.39 is 12.1 Å². The summed E-state index contributed by atoms with van der Waals surface area (Å²) < 4.78 is 4.63. The number of nitrogens with one attached hydrogen (secondary N) is 1. The lowest BCUT2D eigenvalue weighted by atomic mass is 10.0. The van der Waals surface area contributed by atoms with Crippen LogP contribution in [0.5, 0.6) is 0 Å². The van der Waals surface area contributed by atoms with E-state index in [1.54, 1.807) is 23.2 Å². The van der Waals surface area contributed by atoms with Crippen molar-refractivity contribution in [3.63, 3.8) is 0 Å². The SMILES string of the molecule is COC(=O)/C=C/N1C=Cc2ccccc2C1NC(=O)c1ccccc1. The monoisotopic (exact) mass is 334 g/mol. The predicted molar refractivity (Wildman–Crippen MR) is 95.1 cm³/mol. The summed E-state index contributed by atoms with van der Waals surface area (Å²) in [5, 5.41) is 3.02. The van der Waals surface area contributed by atoms with Gasteiger partial charge in [-0.15, -0.1) is 0 Å². The highest BCUT2D eigenvalue weighted by atomic mass is 16.5. The van der Waals surface area contributed by atoms with Gasteiger partial charge in [-0.1, -0.05) is 42.5 Å². The van der Waals surface area contributed by atoms with Gasteiger partial charge in [-0.3, -0.25) is 4.79 Å². The van der Waals surface area contributed by atoms with Crippen molar-refractivity contribution in [2.24, 2.45) is 0 Å². The van der Waals surface area contributed by atoms with E-state index in [0.29, 0.717) is 5.56 Å². The summed E-state index contributed by atoms with van der Waals surface area (Å²) in [5.41, 5.74) is 2.54. The Morgan fingerprint density at radius 2 is 1.80 bits per heavy atom. The summed E-state index contributed by atoms with van der Waals surface area (Å²) in [6, 6.07) is 16.8. The van der Waals surface area contributed by atoms with Gasteiger partial charge in [0, 0.05) is 29.6 Å². The minimum atomic E-state index is -0.458. The zero-order chi connectivity index (χ0) is 17.6. The Hall–Kier alpha value is -3.34. The van der Waals surface area contributed by atoms with Crippen molar-refractivity contribution in [1.82, 2.24) is 10.2 Å². The number of benzene rings is 2. The molecule has 0 radical (unpaired) electrons. The van der Waals surface area contributed by atoms with Gasteiger partial charge in [0.2, 0.25) is 0 Å². The summed E-state index contributed by atoms with van der Waals surface area (Å²) in [6.07, 6.45) is 6.24. The number of fused-ring (bicyclic) bond motifs is 1. The van der Waals surface area contributed by atoms with Gasteiger partial charge in [0.05, 0.1) is 7.11 Å². The number of nitrogens with zero attached hydrogens (tertiary/aromatic N) is 1. The second-order valence-electron chi connectivity index (χ2n) is 5.47. The molecule has 0 saturated carbocycles. The normalized spacial score (nSPS) is 15.7. The summed E-state index contributed by atoms with van der Waals surface area (Å²) in [6.45, 7) is 0. The quantitative estimate of drug-likeness (QED) is 0.689. The Morgan fingerprint density at radius 1 is 1.08 bits per heavy atom. The first-order chi connectivity index (χ1) is 12.2. The molecule has 1 atom stereocenters. The lowest BCUT2D eigenvalue weighted by Crippen LogP contribution is -2.38. The number of amides is 1. The first-order valence-corrected chi connectivity index (χ1v) is 7.85. The zero-order valence-corrected chi connectivity index (χ0v) is 13.8. The van der Waals surface area contributed by atoms with Crippen LogP contribution < -0.4 is 5.32 Å². The molecule has 2 aromatic rings. The topological polar surface area (TPSA) is 58.6 Å². The standard InChI is InChI=1S/C20H18N2O3/c1-25-18(23)12-14-22-13-11-15-7-5-6-10-17(15)19(22)21-20(24)16-8-3-2-4-9-16/h2-14,19H,1H3,(H,21,24)/b14-12+. The maximum Gasteiger partial charge on any atom is 0.331 e. The molecule has 5 heteroatoms. The van der Waals surface area contributed by atoms with Gasteiger partial charge in [0.15, 0.2) is 0 Å². The maximum absolute atomic E-state index is 12.6. The molecule has 25 heavy (non-hydrogen) atoms. The smallest absolute Gasteiger partial charge is 0.331 e. The fourth-order valence-electron chi connectivity index (χ4n) is 2.62. The van der Waals surface area contributed by atoms with Gasteiger partial charge in [-0.2, -0.15) is 0 Å². The molecule has 2 aromatic carbocycles. The molecule has 1 heterocycles. The highest BCUT2D eigenvalue weighted by Crippen LogP contribution is 2.28. The van der Waals surface area contributed by atoms with Gasteiger partial charge in [-0.25, -0.2) is 4.79 Å².